The molecular weight excluding hydrogens is 274 g/mol. The second-order valence-electron chi connectivity index (χ2n) is 5.47. The summed E-state index contributed by atoms with van der Waals surface area (Å²) in [4.78, 5) is 39.1. The molecule has 3 rings (SSSR count). The smallest absolute Gasteiger partial charge is 0.323 e. The number of rotatable bonds is 3. The Morgan fingerprint density at radius 2 is 2.19 bits per heavy atom. The van der Waals surface area contributed by atoms with Gasteiger partial charge in [0.2, 0.25) is 5.91 Å². The maximum atomic E-state index is 12.4. The van der Waals surface area contributed by atoms with E-state index in [2.05, 4.69) is 10.4 Å². The Balaban J connectivity index is 1.74. The maximum absolute atomic E-state index is 12.4. The molecule has 0 bridgehead atoms. The summed E-state index contributed by atoms with van der Waals surface area (Å²) in [6.07, 6.45) is 2.11. The molecule has 1 saturated heterocycles. The van der Waals surface area contributed by atoms with E-state index in [-0.39, 0.29) is 18.4 Å². The number of nitrogens with one attached hydrogen (secondary N) is 1. The van der Waals surface area contributed by atoms with E-state index in [0.29, 0.717) is 25.3 Å². The summed E-state index contributed by atoms with van der Waals surface area (Å²) in [5, 5.41) is 6.73. The number of anilines is 1. The third-order valence-corrected chi connectivity index (χ3v) is 4.15. The van der Waals surface area contributed by atoms with Gasteiger partial charge in [0, 0.05) is 12.6 Å². The number of carbonyl (C=O) groups is 3. The van der Waals surface area contributed by atoms with Crippen LogP contribution in [0.5, 0.6) is 0 Å². The molecule has 0 spiro atoms. The van der Waals surface area contributed by atoms with E-state index in [1.54, 1.807) is 28.8 Å². The monoisotopic (exact) mass is 291 g/mol. The maximum Gasteiger partial charge on any atom is 0.325 e. The van der Waals surface area contributed by atoms with Gasteiger partial charge in [-0.25, -0.2) is 9.48 Å². The summed E-state index contributed by atoms with van der Waals surface area (Å²) in [6.45, 7) is 4.38. The van der Waals surface area contributed by atoms with Gasteiger partial charge in [0.05, 0.1) is 12.7 Å². The van der Waals surface area contributed by atoms with E-state index in [4.69, 9.17) is 0 Å². The lowest BCUT2D eigenvalue weighted by Gasteiger charge is -2.21. The van der Waals surface area contributed by atoms with Crippen molar-refractivity contribution in [3.8, 4) is 0 Å². The fraction of sp³-hybridized carbons (Fsp3) is 0.538. The molecule has 21 heavy (non-hydrogen) atoms. The van der Waals surface area contributed by atoms with Crippen LogP contribution in [0.25, 0.3) is 0 Å². The van der Waals surface area contributed by atoms with Gasteiger partial charge >= 0.3 is 6.03 Å². The van der Waals surface area contributed by atoms with Crippen LogP contribution in [-0.4, -0.2) is 51.2 Å². The van der Waals surface area contributed by atoms with Crippen LogP contribution in [0.4, 0.5) is 10.6 Å². The zero-order valence-electron chi connectivity index (χ0n) is 12.0. The second-order valence-corrected chi connectivity index (χ2v) is 5.47. The van der Waals surface area contributed by atoms with Gasteiger partial charge in [-0.3, -0.25) is 19.4 Å². The van der Waals surface area contributed by atoms with Crippen LogP contribution in [-0.2, 0) is 16.1 Å². The van der Waals surface area contributed by atoms with Gasteiger partial charge in [-0.15, -0.1) is 0 Å². The van der Waals surface area contributed by atoms with Crippen LogP contribution < -0.4 is 10.2 Å². The molecule has 2 aliphatic rings. The highest BCUT2D eigenvalue weighted by Crippen LogP contribution is 2.23. The van der Waals surface area contributed by atoms with Crippen molar-refractivity contribution in [1.82, 2.24) is 20.0 Å². The molecule has 112 valence electrons. The first-order valence-corrected chi connectivity index (χ1v) is 6.92. The molecule has 1 unspecified atom stereocenters. The average molecular weight is 291 g/mol. The topological polar surface area (TPSA) is 87.5 Å². The summed E-state index contributed by atoms with van der Waals surface area (Å²) in [7, 11) is 0. The van der Waals surface area contributed by atoms with Crippen molar-refractivity contribution in [3.05, 3.63) is 12.3 Å². The molecule has 8 heteroatoms. The zero-order valence-corrected chi connectivity index (χ0v) is 12.0. The molecule has 0 radical (unpaired) electrons. The zero-order chi connectivity index (χ0) is 15.2. The van der Waals surface area contributed by atoms with Crippen LogP contribution in [0.1, 0.15) is 20.3 Å². The molecule has 1 aromatic rings. The molecule has 3 heterocycles. The number of hydrogen-bond acceptors (Lipinski definition) is 4. The quantitative estimate of drug-likeness (QED) is 0.791. The molecule has 1 atom stereocenters. The van der Waals surface area contributed by atoms with E-state index in [0.717, 1.165) is 4.90 Å². The Labute approximate surface area is 121 Å². The Morgan fingerprint density at radius 3 is 2.86 bits per heavy atom. The molecule has 8 nitrogen and oxygen atoms in total. The molecule has 0 aliphatic carbocycles. The van der Waals surface area contributed by atoms with E-state index < -0.39 is 11.6 Å². The van der Waals surface area contributed by atoms with Crippen LogP contribution in [0.3, 0.4) is 0 Å². The Kier molecular flexibility index (Phi) is 2.96. The SMILES string of the molecule is CCC1(C)NC(=O)N(CC(=O)N2CCn3nccc32)C1=O. The first kappa shape index (κ1) is 13.6. The minimum Gasteiger partial charge on any atom is -0.323 e. The molecule has 4 amide bonds. The highest BCUT2D eigenvalue weighted by atomic mass is 16.2. The Hall–Kier alpha value is -2.38. The summed E-state index contributed by atoms with van der Waals surface area (Å²) in [5.74, 6) is 0.0689. The fourth-order valence-electron chi connectivity index (χ4n) is 2.64. The first-order valence-electron chi connectivity index (χ1n) is 6.92. The Morgan fingerprint density at radius 1 is 1.43 bits per heavy atom. The van der Waals surface area contributed by atoms with Gasteiger partial charge in [-0.2, -0.15) is 5.10 Å². The van der Waals surface area contributed by atoms with Gasteiger partial charge in [-0.05, 0) is 13.3 Å². The van der Waals surface area contributed by atoms with Crippen molar-refractivity contribution < 1.29 is 14.4 Å². The van der Waals surface area contributed by atoms with Gasteiger partial charge in [0.25, 0.3) is 5.91 Å². The highest BCUT2D eigenvalue weighted by molar-refractivity contribution is 6.10. The number of imide groups is 1. The van der Waals surface area contributed by atoms with Crippen molar-refractivity contribution in [2.75, 3.05) is 18.0 Å². The lowest BCUT2D eigenvalue weighted by molar-refractivity contribution is -0.134. The van der Waals surface area contributed by atoms with Crippen molar-refractivity contribution in [2.24, 2.45) is 0 Å². The third kappa shape index (κ3) is 1.98. The molecule has 2 aliphatic heterocycles. The highest BCUT2D eigenvalue weighted by Gasteiger charge is 2.47. The Bertz CT molecular complexity index is 625. The average Bonchev–Trinajstić information content (AvgIpc) is 3.09. The van der Waals surface area contributed by atoms with Crippen LogP contribution in [0.15, 0.2) is 12.3 Å². The number of aromatic nitrogens is 2. The molecular formula is C13H17N5O3. The number of hydrogen-bond donors (Lipinski definition) is 1. The second kappa shape index (κ2) is 4.57. The summed E-state index contributed by atoms with van der Waals surface area (Å²) in [5.41, 5.74) is -0.913. The minimum absolute atomic E-state index is 0.245. The van der Waals surface area contributed by atoms with E-state index in [9.17, 15) is 14.4 Å². The molecule has 1 N–H and O–H groups in total. The van der Waals surface area contributed by atoms with Gasteiger partial charge in [0.15, 0.2) is 0 Å². The molecule has 1 aromatic heterocycles. The predicted molar refractivity (Wildman–Crippen MR) is 73.5 cm³/mol. The fourth-order valence-corrected chi connectivity index (χ4v) is 2.64. The molecule has 0 saturated carbocycles. The lowest BCUT2D eigenvalue weighted by Crippen LogP contribution is -2.45. The summed E-state index contributed by atoms with van der Waals surface area (Å²) < 4.78 is 1.72. The predicted octanol–water partition coefficient (Wildman–Crippen LogP) is -0.0498. The lowest BCUT2D eigenvalue weighted by atomic mass is 9.99. The van der Waals surface area contributed by atoms with Crippen LogP contribution in [0, 0.1) is 0 Å². The van der Waals surface area contributed by atoms with E-state index in [1.807, 2.05) is 6.92 Å². The van der Waals surface area contributed by atoms with E-state index in [1.165, 1.54) is 0 Å². The van der Waals surface area contributed by atoms with Crippen molar-refractivity contribution in [2.45, 2.75) is 32.4 Å². The number of amides is 4. The van der Waals surface area contributed by atoms with Gasteiger partial charge in [0.1, 0.15) is 17.9 Å². The number of carbonyl (C=O) groups excluding carboxylic acids is 3. The van der Waals surface area contributed by atoms with Crippen molar-refractivity contribution in [3.63, 3.8) is 0 Å². The van der Waals surface area contributed by atoms with Gasteiger partial charge < -0.3 is 5.32 Å². The number of fused-ring (bicyclic) bond motifs is 1. The van der Waals surface area contributed by atoms with Crippen LogP contribution in [0.2, 0.25) is 0 Å². The van der Waals surface area contributed by atoms with Crippen LogP contribution >= 0.6 is 0 Å². The summed E-state index contributed by atoms with van der Waals surface area (Å²) in [6, 6.07) is 1.23. The van der Waals surface area contributed by atoms with Crippen molar-refractivity contribution in [1.29, 1.82) is 0 Å². The number of urea groups is 1. The number of nitrogens with zero attached hydrogens (tertiary/aromatic N) is 4. The van der Waals surface area contributed by atoms with Crippen molar-refractivity contribution >= 4 is 23.7 Å². The standard InChI is InChI=1S/C13H17N5O3/c1-3-13(2)11(20)17(12(21)15-13)8-10(19)16-6-7-18-9(16)4-5-14-18/h4-5H,3,6-8H2,1-2H3,(H,15,21). The summed E-state index contributed by atoms with van der Waals surface area (Å²) >= 11 is 0. The van der Waals surface area contributed by atoms with Gasteiger partial charge in [-0.1, -0.05) is 6.92 Å². The largest absolute Gasteiger partial charge is 0.325 e. The molecule has 0 aromatic carbocycles. The third-order valence-electron chi connectivity index (χ3n) is 4.15. The first-order chi connectivity index (χ1) is 9.96. The normalized spacial score (nSPS) is 24.5. The minimum atomic E-state index is -0.913. The molecule has 1 fully saturated rings. The van der Waals surface area contributed by atoms with E-state index >= 15 is 0 Å².